The maximum absolute atomic E-state index is 13.3. The average Bonchev–Trinajstić information content (AvgIpc) is 2.88. The van der Waals surface area contributed by atoms with Gasteiger partial charge in [-0.1, -0.05) is 12.1 Å². The van der Waals surface area contributed by atoms with Crippen LogP contribution < -0.4 is 10.6 Å². The van der Waals surface area contributed by atoms with Crippen molar-refractivity contribution in [3.8, 4) is 0 Å². The summed E-state index contributed by atoms with van der Waals surface area (Å²) in [5.41, 5.74) is 1.67. The number of benzene rings is 2. The van der Waals surface area contributed by atoms with Gasteiger partial charge in [0.05, 0.1) is 6.54 Å². The van der Waals surface area contributed by atoms with E-state index in [1.807, 2.05) is 36.0 Å². The number of nitrogens with zero attached hydrogens (tertiary/aromatic N) is 3. The largest absolute Gasteiger partial charge is 0.341 e. The molecule has 2 aliphatic heterocycles. The van der Waals surface area contributed by atoms with E-state index in [4.69, 9.17) is 0 Å². The van der Waals surface area contributed by atoms with Gasteiger partial charge in [0.15, 0.2) is 0 Å². The van der Waals surface area contributed by atoms with E-state index < -0.39 is 0 Å². The summed E-state index contributed by atoms with van der Waals surface area (Å²) >= 11 is 0. The van der Waals surface area contributed by atoms with E-state index in [1.54, 1.807) is 0 Å². The Kier molecular flexibility index (Phi) is 9.69. The number of urea groups is 1. The van der Waals surface area contributed by atoms with Gasteiger partial charge >= 0.3 is 6.03 Å². The highest BCUT2D eigenvalue weighted by Gasteiger charge is 2.34. The molecule has 2 aromatic rings. The highest BCUT2D eigenvalue weighted by Crippen LogP contribution is 2.25. The van der Waals surface area contributed by atoms with Crippen LogP contribution in [0.25, 0.3) is 0 Å². The van der Waals surface area contributed by atoms with Gasteiger partial charge in [0, 0.05) is 43.8 Å². The van der Waals surface area contributed by atoms with E-state index in [0.29, 0.717) is 37.7 Å². The van der Waals surface area contributed by atoms with Gasteiger partial charge < -0.3 is 25.3 Å². The van der Waals surface area contributed by atoms with Gasteiger partial charge in [0.1, 0.15) is 11.6 Å². The lowest BCUT2D eigenvalue weighted by molar-refractivity contribution is -0.134. The Hall–Kier alpha value is -3.04. The maximum Gasteiger partial charge on any atom is 0.319 e. The van der Waals surface area contributed by atoms with Crippen molar-refractivity contribution in [2.75, 3.05) is 58.7 Å². The third-order valence-electron chi connectivity index (χ3n) is 7.49. The third-order valence-corrected chi connectivity index (χ3v) is 7.49. The number of carbonyl (C=O) groups is 2. The van der Waals surface area contributed by atoms with Gasteiger partial charge in [-0.3, -0.25) is 4.79 Å². The van der Waals surface area contributed by atoms with Gasteiger partial charge in [-0.2, -0.15) is 0 Å². The Morgan fingerprint density at radius 2 is 1.63 bits per heavy atom. The summed E-state index contributed by atoms with van der Waals surface area (Å²) in [6.07, 6.45) is 3.81. The van der Waals surface area contributed by atoms with Gasteiger partial charge in [-0.15, -0.1) is 0 Å². The lowest BCUT2D eigenvalue weighted by atomic mass is 9.88. The minimum Gasteiger partial charge on any atom is -0.341 e. The molecule has 3 amide bonds. The van der Waals surface area contributed by atoms with Crippen molar-refractivity contribution in [2.45, 2.75) is 31.7 Å². The second-order valence-corrected chi connectivity index (χ2v) is 10.9. The van der Waals surface area contributed by atoms with Gasteiger partial charge in [0.25, 0.3) is 0 Å². The summed E-state index contributed by atoms with van der Waals surface area (Å²) in [4.78, 5) is 31.9. The normalized spacial score (nSPS) is 22.3. The first-order valence-corrected chi connectivity index (χ1v) is 13.5. The number of nitrogens with one attached hydrogen (secondary N) is 2. The molecule has 4 rings (SSSR count). The highest BCUT2D eigenvalue weighted by atomic mass is 19.1. The van der Waals surface area contributed by atoms with E-state index in [1.165, 1.54) is 36.4 Å². The van der Waals surface area contributed by atoms with Crippen molar-refractivity contribution in [3.63, 3.8) is 0 Å². The second kappa shape index (κ2) is 13.2. The molecule has 2 aromatic carbocycles. The summed E-state index contributed by atoms with van der Waals surface area (Å²) in [7, 11) is 3.77. The Labute approximate surface area is 224 Å². The molecule has 0 bridgehead atoms. The SMILES string of the molecule is CN(C)CC(=O)N1CC[C@@H](NC(=O)Nc2ccc(F)cc2)[C@H](CN2CCCC(Cc3ccc(F)cc3)C2)C1. The zero-order valence-electron chi connectivity index (χ0n) is 22.3. The van der Waals surface area contributed by atoms with E-state index in [0.717, 1.165) is 44.5 Å². The van der Waals surface area contributed by atoms with Crippen molar-refractivity contribution in [2.24, 2.45) is 11.8 Å². The first-order valence-electron chi connectivity index (χ1n) is 13.5. The molecule has 2 aliphatic rings. The molecular weight excluding hydrogens is 488 g/mol. The molecule has 0 saturated carbocycles. The predicted molar refractivity (Wildman–Crippen MR) is 145 cm³/mol. The second-order valence-electron chi connectivity index (χ2n) is 10.9. The quantitative estimate of drug-likeness (QED) is 0.548. The first kappa shape index (κ1) is 28.0. The van der Waals surface area contributed by atoms with E-state index in [9.17, 15) is 18.4 Å². The number of rotatable bonds is 8. The molecule has 7 nitrogen and oxygen atoms in total. The molecule has 0 aromatic heterocycles. The summed E-state index contributed by atoms with van der Waals surface area (Å²) < 4.78 is 26.6. The lowest BCUT2D eigenvalue weighted by Crippen LogP contribution is -2.57. The van der Waals surface area contributed by atoms with Crippen LogP contribution in [0.2, 0.25) is 0 Å². The van der Waals surface area contributed by atoms with E-state index >= 15 is 0 Å². The van der Waals surface area contributed by atoms with Crippen molar-refractivity contribution in [1.29, 1.82) is 0 Å². The number of hydrogen-bond donors (Lipinski definition) is 2. The minimum absolute atomic E-state index is 0.0819. The van der Waals surface area contributed by atoms with Gasteiger partial charge in [-0.05, 0) is 94.2 Å². The highest BCUT2D eigenvalue weighted by molar-refractivity contribution is 5.89. The molecule has 9 heteroatoms. The fourth-order valence-corrected chi connectivity index (χ4v) is 5.64. The Bertz CT molecular complexity index is 1060. The van der Waals surface area contributed by atoms with Crippen LogP contribution in [0.15, 0.2) is 48.5 Å². The monoisotopic (exact) mass is 527 g/mol. The van der Waals surface area contributed by atoms with Crippen molar-refractivity contribution in [1.82, 2.24) is 20.0 Å². The third kappa shape index (κ3) is 8.23. The van der Waals surface area contributed by atoms with Crippen LogP contribution in [0, 0.1) is 23.5 Å². The van der Waals surface area contributed by atoms with E-state index in [2.05, 4.69) is 15.5 Å². The van der Waals surface area contributed by atoms with Crippen LogP contribution in [0.1, 0.15) is 24.8 Å². The van der Waals surface area contributed by atoms with Crippen LogP contribution in [-0.4, -0.2) is 86.0 Å². The number of likely N-dealkylation sites (N-methyl/N-ethyl adjacent to an activating group) is 1. The molecule has 2 N–H and O–H groups in total. The zero-order chi connectivity index (χ0) is 27.1. The Balaban J connectivity index is 1.39. The van der Waals surface area contributed by atoms with Crippen molar-refractivity contribution >= 4 is 17.6 Å². The molecule has 0 spiro atoms. The van der Waals surface area contributed by atoms with Gasteiger partial charge in [-0.25, -0.2) is 13.6 Å². The zero-order valence-corrected chi connectivity index (χ0v) is 22.3. The maximum atomic E-state index is 13.3. The average molecular weight is 528 g/mol. The van der Waals surface area contributed by atoms with Crippen LogP contribution in [0.5, 0.6) is 0 Å². The molecule has 1 unspecified atom stereocenters. The molecule has 3 atom stereocenters. The summed E-state index contributed by atoms with van der Waals surface area (Å²) in [5.74, 6) is 0.0923. The molecule has 2 saturated heterocycles. The van der Waals surface area contributed by atoms with Gasteiger partial charge in [0.2, 0.25) is 5.91 Å². The van der Waals surface area contributed by atoms with Crippen molar-refractivity contribution < 1.29 is 18.4 Å². The first-order chi connectivity index (χ1) is 18.2. The molecular formula is C29H39F2N5O2. The Morgan fingerprint density at radius 1 is 0.947 bits per heavy atom. The number of carbonyl (C=O) groups excluding carboxylic acids is 2. The number of anilines is 1. The Morgan fingerprint density at radius 3 is 2.32 bits per heavy atom. The fourth-order valence-electron chi connectivity index (χ4n) is 5.64. The predicted octanol–water partition coefficient (Wildman–Crippen LogP) is 3.82. The van der Waals surface area contributed by atoms with E-state index in [-0.39, 0.29) is 35.5 Å². The molecule has 0 radical (unpaired) electrons. The summed E-state index contributed by atoms with van der Waals surface area (Å²) in [6, 6.07) is 12.0. The van der Waals surface area contributed by atoms with Crippen LogP contribution >= 0.6 is 0 Å². The summed E-state index contributed by atoms with van der Waals surface area (Å²) in [6.45, 7) is 4.25. The van der Waals surface area contributed by atoms with Crippen LogP contribution in [0.3, 0.4) is 0 Å². The minimum atomic E-state index is -0.356. The van der Waals surface area contributed by atoms with Crippen molar-refractivity contribution in [3.05, 3.63) is 65.7 Å². The number of likely N-dealkylation sites (tertiary alicyclic amines) is 2. The summed E-state index contributed by atoms with van der Waals surface area (Å²) in [5, 5.41) is 5.92. The standard InChI is InChI=1S/C29H39F2N5O2/c1-34(2)20-28(37)36-15-13-27(33-29(38)32-26-11-9-25(31)10-12-26)23(19-36)18-35-14-3-4-22(17-35)16-21-5-7-24(30)8-6-21/h5-12,22-23,27H,3-4,13-20H2,1-2H3,(H2,32,33,38)/t22?,23-,27-/m1/s1. The van der Waals surface area contributed by atoms with Crippen LogP contribution in [-0.2, 0) is 11.2 Å². The number of amides is 3. The molecule has 0 aliphatic carbocycles. The molecule has 2 heterocycles. The lowest BCUT2D eigenvalue weighted by Gasteiger charge is -2.43. The topological polar surface area (TPSA) is 67.9 Å². The molecule has 2 fully saturated rings. The fraction of sp³-hybridized carbons (Fsp3) is 0.517. The smallest absolute Gasteiger partial charge is 0.319 e. The van der Waals surface area contributed by atoms with Crippen LogP contribution in [0.4, 0.5) is 19.3 Å². The number of hydrogen-bond acceptors (Lipinski definition) is 4. The number of piperidine rings is 2. The molecule has 206 valence electrons. The molecule has 38 heavy (non-hydrogen) atoms. The number of halogens is 2.